The molecule has 0 radical (unpaired) electrons. The van der Waals surface area contributed by atoms with Gasteiger partial charge in [0.1, 0.15) is 0 Å². The van der Waals surface area contributed by atoms with E-state index in [1.807, 2.05) is 32.0 Å². The van der Waals surface area contributed by atoms with Gasteiger partial charge in [-0.15, -0.1) is 0 Å². The van der Waals surface area contributed by atoms with Gasteiger partial charge in [-0.05, 0) is 43.7 Å². The van der Waals surface area contributed by atoms with Gasteiger partial charge in [0.25, 0.3) is 0 Å². The molecule has 2 amide bonds. The second kappa shape index (κ2) is 7.26. The molecule has 0 atom stereocenters. The van der Waals surface area contributed by atoms with E-state index in [2.05, 4.69) is 15.6 Å². The number of hydrogen-bond donors (Lipinski definition) is 2. The second-order valence-corrected chi connectivity index (χ2v) is 6.25. The van der Waals surface area contributed by atoms with Gasteiger partial charge in [0.15, 0.2) is 0 Å². The van der Waals surface area contributed by atoms with Crippen LogP contribution in [0.15, 0.2) is 48.5 Å². The number of aryl methyl sites for hydroxylation is 2. The normalized spacial score (nSPS) is 11.4. The second-order valence-electron chi connectivity index (χ2n) is 6.25. The fourth-order valence-electron chi connectivity index (χ4n) is 2.87. The number of amides is 2. The van der Waals surface area contributed by atoms with Crippen LogP contribution in [0.4, 0.5) is 23.7 Å². The molecule has 0 aliphatic rings. The Kier molecular flexibility index (Phi) is 5.03. The largest absolute Gasteiger partial charge is 0.416 e. The number of aromatic nitrogens is 1. The number of urea groups is 1. The van der Waals surface area contributed by atoms with E-state index in [1.54, 1.807) is 6.07 Å². The number of anilines is 1. The molecule has 0 saturated carbocycles. The summed E-state index contributed by atoms with van der Waals surface area (Å²) in [5.41, 5.74) is 2.22. The van der Waals surface area contributed by atoms with Crippen molar-refractivity contribution in [3.05, 3.63) is 71.0 Å². The topological polar surface area (TPSA) is 54.0 Å². The third-order valence-electron chi connectivity index (χ3n) is 4.18. The maximum atomic E-state index is 12.6. The lowest BCUT2D eigenvalue weighted by atomic mass is 10.1. The standard InChI is InChI=1S/C20H18F3N3O/c1-12-10-17-16(13(2)25-12)4-3-5-18(17)26-19(27)24-11-14-6-8-15(9-7-14)20(21,22)23/h3-10H,11H2,1-2H3,(H2,24,26,27). The van der Waals surface area contributed by atoms with Crippen molar-refractivity contribution >= 4 is 22.5 Å². The number of nitrogens with zero attached hydrogens (tertiary/aromatic N) is 1. The Morgan fingerprint density at radius 3 is 2.41 bits per heavy atom. The fourth-order valence-corrected chi connectivity index (χ4v) is 2.87. The average molecular weight is 373 g/mol. The molecule has 2 aromatic carbocycles. The van der Waals surface area contributed by atoms with E-state index in [1.165, 1.54) is 12.1 Å². The lowest BCUT2D eigenvalue weighted by molar-refractivity contribution is -0.137. The van der Waals surface area contributed by atoms with Crippen molar-refractivity contribution in [2.24, 2.45) is 0 Å². The molecule has 0 saturated heterocycles. The molecule has 1 heterocycles. The molecule has 1 aromatic heterocycles. The Bertz CT molecular complexity index is 982. The number of carbonyl (C=O) groups excluding carboxylic acids is 1. The van der Waals surface area contributed by atoms with Crippen molar-refractivity contribution in [3.63, 3.8) is 0 Å². The van der Waals surface area contributed by atoms with E-state index < -0.39 is 17.8 Å². The molecule has 2 N–H and O–H groups in total. The summed E-state index contributed by atoms with van der Waals surface area (Å²) in [7, 11) is 0. The molecule has 3 rings (SSSR count). The monoisotopic (exact) mass is 373 g/mol. The number of pyridine rings is 1. The van der Waals surface area contributed by atoms with E-state index in [-0.39, 0.29) is 6.54 Å². The summed E-state index contributed by atoms with van der Waals surface area (Å²) in [5, 5.41) is 7.27. The van der Waals surface area contributed by atoms with Crippen LogP contribution in [0.3, 0.4) is 0 Å². The third-order valence-corrected chi connectivity index (χ3v) is 4.18. The van der Waals surface area contributed by atoms with Crippen LogP contribution in [-0.2, 0) is 12.7 Å². The first-order chi connectivity index (χ1) is 12.7. The van der Waals surface area contributed by atoms with E-state index in [0.717, 1.165) is 34.3 Å². The number of nitrogens with one attached hydrogen (secondary N) is 2. The predicted octanol–water partition coefficient (Wildman–Crippen LogP) is 5.19. The number of fused-ring (bicyclic) bond motifs is 1. The molecule has 4 nitrogen and oxygen atoms in total. The number of rotatable bonds is 3. The van der Waals surface area contributed by atoms with Crippen molar-refractivity contribution in [2.45, 2.75) is 26.6 Å². The Morgan fingerprint density at radius 1 is 1.04 bits per heavy atom. The van der Waals surface area contributed by atoms with Crippen molar-refractivity contribution in [2.75, 3.05) is 5.32 Å². The third kappa shape index (κ3) is 4.36. The van der Waals surface area contributed by atoms with Crippen molar-refractivity contribution in [1.82, 2.24) is 10.3 Å². The number of alkyl halides is 3. The van der Waals surface area contributed by atoms with Gasteiger partial charge in [0, 0.05) is 28.7 Å². The number of hydrogen-bond acceptors (Lipinski definition) is 2. The first-order valence-electron chi connectivity index (χ1n) is 8.32. The predicted molar refractivity (Wildman–Crippen MR) is 98.5 cm³/mol. The maximum absolute atomic E-state index is 12.6. The molecule has 0 spiro atoms. The maximum Gasteiger partial charge on any atom is 0.416 e. The summed E-state index contributed by atoms with van der Waals surface area (Å²) >= 11 is 0. The zero-order chi connectivity index (χ0) is 19.6. The van der Waals surface area contributed by atoms with E-state index >= 15 is 0 Å². The Labute approximate surface area is 154 Å². The first kappa shape index (κ1) is 18.7. The highest BCUT2D eigenvalue weighted by Crippen LogP contribution is 2.29. The minimum Gasteiger partial charge on any atom is -0.334 e. The number of carbonyl (C=O) groups is 1. The summed E-state index contributed by atoms with van der Waals surface area (Å²) in [4.78, 5) is 16.6. The quantitative estimate of drug-likeness (QED) is 0.664. The van der Waals surface area contributed by atoms with Gasteiger partial charge in [-0.2, -0.15) is 13.2 Å². The van der Waals surface area contributed by atoms with Gasteiger partial charge in [-0.3, -0.25) is 4.98 Å². The molecule has 27 heavy (non-hydrogen) atoms. The Hall–Kier alpha value is -3.09. The lowest BCUT2D eigenvalue weighted by Gasteiger charge is -2.12. The van der Waals surface area contributed by atoms with Crippen molar-refractivity contribution in [1.29, 1.82) is 0 Å². The number of halogens is 3. The van der Waals surface area contributed by atoms with E-state index in [0.29, 0.717) is 11.3 Å². The van der Waals surface area contributed by atoms with Gasteiger partial charge in [0.2, 0.25) is 0 Å². The molecule has 0 bridgehead atoms. The minimum atomic E-state index is -4.37. The Balaban J connectivity index is 1.69. The average Bonchev–Trinajstić information content (AvgIpc) is 2.60. The zero-order valence-corrected chi connectivity index (χ0v) is 14.8. The van der Waals surface area contributed by atoms with E-state index in [4.69, 9.17) is 0 Å². The van der Waals surface area contributed by atoms with Crippen LogP contribution in [0, 0.1) is 13.8 Å². The summed E-state index contributed by atoms with van der Waals surface area (Å²) < 4.78 is 37.7. The molecular weight excluding hydrogens is 355 g/mol. The molecular formula is C20H18F3N3O. The van der Waals surface area contributed by atoms with E-state index in [9.17, 15) is 18.0 Å². The minimum absolute atomic E-state index is 0.119. The van der Waals surface area contributed by atoms with Crippen LogP contribution in [-0.4, -0.2) is 11.0 Å². The van der Waals surface area contributed by atoms with Crippen LogP contribution >= 0.6 is 0 Å². The zero-order valence-electron chi connectivity index (χ0n) is 14.8. The molecule has 0 unspecified atom stereocenters. The summed E-state index contributed by atoms with van der Waals surface area (Å²) in [6.45, 7) is 3.91. The SMILES string of the molecule is Cc1cc2c(NC(=O)NCc3ccc(C(F)(F)F)cc3)cccc2c(C)n1. The van der Waals surface area contributed by atoms with Crippen LogP contribution in [0.1, 0.15) is 22.5 Å². The smallest absolute Gasteiger partial charge is 0.334 e. The molecule has 7 heteroatoms. The summed E-state index contributed by atoms with van der Waals surface area (Å²) in [5.74, 6) is 0. The van der Waals surface area contributed by atoms with Gasteiger partial charge in [-0.1, -0.05) is 24.3 Å². The Morgan fingerprint density at radius 2 is 1.74 bits per heavy atom. The molecule has 0 aliphatic carbocycles. The molecule has 3 aromatic rings. The van der Waals surface area contributed by atoms with Gasteiger partial charge >= 0.3 is 12.2 Å². The first-order valence-corrected chi connectivity index (χ1v) is 8.32. The number of benzene rings is 2. The van der Waals surface area contributed by atoms with Crippen LogP contribution < -0.4 is 10.6 Å². The highest BCUT2D eigenvalue weighted by molar-refractivity contribution is 6.02. The van der Waals surface area contributed by atoms with Crippen molar-refractivity contribution < 1.29 is 18.0 Å². The summed E-state index contributed by atoms with van der Waals surface area (Å²) in [6, 6.07) is 11.7. The lowest BCUT2D eigenvalue weighted by Crippen LogP contribution is -2.28. The highest BCUT2D eigenvalue weighted by Gasteiger charge is 2.29. The fraction of sp³-hybridized carbons (Fsp3) is 0.200. The highest BCUT2D eigenvalue weighted by atomic mass is 19.4. The van der Waals surface area contributed by atoms with Gasteiger partial charge in [-0.25, -0.2) is 4.79 Å². The summed E-state index contributed by atoms with van der Waals surface area (Å²) in [6.07, 6.45) is -4.37. The molecule has 140 valence electrons. The van der Waals surface area contributed by atoms with Crippen LogP contribution in [0.5, 0.6) is 0 Å². The van der Waals surface area contributed by atoms with Crippen molar-refractivity contribution in [3.8, 4) is 0 Å². The molecule has 0 fully saturated rings. The van der Waals surface area contributed by atoms with Crippen LogP contribution in [0.2, 0.25) is 0 Å². The molecule has 0 aliphatic heterocycles. The van der Waals surface area contributed by atoms with Gasteiger partial charge < -0.3 is 10.6 Å². The van der Waals surface area contributed by atoms with Crippen LogP contribution in [0.25, 0.3) is 10.8 Å². The van der Waals surface area contributed by atoms with Gasteiger partial charge in [0.05, 0.1) is 11.3 Å².